The lowest BCUT2D eigenvalue weighted by Gasteiger charge is -2.10. The van der Waals surface area contributed by atoms with E-state index in [4.69, 9.17) is 4.74 Å². The van der Waals surface area contributed by atoms with Crippen LogP contribution in [0.15, 0.2) is 48.5 Å². The molecule has 0 heterocycles. The van der Waals surface area contributed by atoms with Gasteiger partial charge < -0.3 is 10.1 Å². The summed E-state index contributed by atoms with van der Waals surface area (Å²) in [5.74, 6) is 6.50. The first-order valence-corrected chi connectivity index (χ1v) is 6.70. The molecule has 2 aromatic carbocycles. The molecule has 0 saturated heterocycles. The second-order valence-corrected chi connectivity index (χ2v) is 4.64. The number of hydrogen-bond donors (Lipinski definition) is 1. The molecule has 0 aromatic heterocycles. The van der Waals surface area contributed by atoms with Crippen LogP contribution in [0, 0.1) is 18.8 Å². The third kappa shape index (κ3) is 4.70. The van der Waals surface area contributed by atoms with Crippen LogP contribution in [0.2, 0.25) is 0 Å². The molecule has 1 amide bonds. The molecule has 0 fully saturated rings. The number of hydrogen-bond acceptors (Lipinski definition) is 2. The first kappa shape index (κ1) is 14.7. The lowest BCUT2D eigenvalue weighted by atomic mass is 10.2. The van der Waals surface area contributed by atoms with Gasteiger partial charge in [-0.25, -0.2) is 0 Å². The Labute approximate surface area is 125 Å². The Morgan fingerprint density at radius 2 is 1.95 bits per heavy atom. The van der Waals surface area contributed by atoms with Crippen LogP contribution < -0.4 is 10.1 Å². The summed E-state index contributed by atoms with van der Waals surface area (Å²) in [6, 6.07) is 15.4. The maximum absolute atomic E-state index is 11.2. The van der Waals surface area contributed by atoms with Crippen LogP contribution >= 0.6 is 0 Å². The lowest BCUT2D eigenvalue weighted by Crippen LogP contribution is -2.08. The van der Waals surface area contributed by atoms with Crippen molar-refractivity contribution in [2.45, 2.75) is 13.8 Å². The van der Waals surface area contributed by atoms with E-state index >= 15 is 0 Å². The van der Waals surface area contributed by atoms with E-state index in [9.17, 15) is 4.79 Å². The van der Waals surface area contributed by atoms with E-state index in [1.165, 1.54) is 6.92 Å². The molecule has 0 aliphatic heterocycles. The molecule has 21 heavy (non-hydrogen) atoms. The highest BCUT2D eigenvalue weighted by Crippen LogP contribution is 2.25. The molecule has 3 heteroatoms. The van der Waals surface area contributed by atoms with Gasteiger partial charge in [-0.1, -0.05) is 36.1 Å². The van der Waals surface area contributed by atoms with E-state index in [1.807, 2.05) is 55.5 Å². The van der Waals surface area contributed by atoms with E-state index < -0.39 is 0 Å². The number of amides is 1. The Balaban J connectivity index is 2.04. The number of benzene rings is 2. The molecule has 0 radical (unpaired) electrons. The third-order valence-electron chi connectivity index (χ3n) is 2.75. The van der Waals surface area contributed by atoms with Crippen LogP contribution in [-0.4, -0.2) is 12.5 Å². The Kier molecular flexibility index (Phi) is 5.00. The van der Waals surface area contributed by atoms with Crippen molar-refractivity contribution in [3.8, 4) is 17.6 Å². The van der Waals surface area contributed by atoms with Gasteiger partial charge in [-0.3, -0.25) is 4.79 Å². The van der Waals surface area contributed by atoms with E-state index in [1.54, 1.807) is 0 Å². The first-order chi connectivity index (χ1) is 10.1. The summed E-state index contributed by atoms with van der Waals surface area (Å²) in [6.07, 6.45) is 0. The van der Waals surface area contributed by atoms with Crippen LogP contribution in [0.1, 0.15) is 18.1 Å². The van der Waals surface area contributed by atoms with E-state index in [0.717, 1.165) is 11.1 Å². The van der Waals surface area contributed by atoms with Gasteiger partial charge >= 0.3 is 0 Å². The maximum atomic E-state index is 11.2. The molecule has 0 bridgehead atoms. The highest BCUT2D eigenvalue weighted by Gasteiger charge is 2.04. The van der Waals surface area contributed by atoms with Gasteiger partial charge in [-0.2, -0.15) is 0 Å². The predicted octanol–water partition coefficient (Wildman–Crippen LogP) is 3.38. The lowest BCUT2D eigenvalue weighted by molar-refractivity contribution is -0.114. The van der Waals surface area contributed by atoms with Crippen molar-refractivity contribution in [2.24, 2.45) is 0 Å². The van der Waals surface area contributed by atoms with Gasteiger partial charge in [0.25, 0.3) is 0 Å². The van der Waals surface area contributed by atoms with E-state index in [2.05, 4.69) is 17.2 Å². The number of carbonyl (C=O) groups excluding carboxylic acids is 1. The quantitative estimate of drug-likeness (QED) is 0.875. The van der Waals surface area contributed by atoms with Crippen LogP contribution in [-0.2, 0) is 4.79 Å². The SMILES string of the molecule is CC(=O)Nc1ccc(C)cc1OCC#Cc1ccccc1. The van der Waals surface area contributed by atoms with Crippen LogP contribution in [0.4, 0.5) is 5.69 Å². The Morgan fingerprint density at radius 3 is 2.67 bits per heavy atom. The fourth-order valence-corrected chi connectivity index (χ4v) is 1.82. The van der Waals surface area contributed by atoms with Gasteiger partial charge in [0.05, 0.1) is 5.69 Å². The van der Waals surface area contributed by atoms with Crippen molar-refractivity contribution in [1.82, 2.24) is 0 Å². The molecule has 0 spiro atoms. The summed E-state index contributed by atoms with van der Waals surface area (Å²) in [5.41, 5.74) is 2.68. The number of rotatable bonds is 3. The second kappa shape index (κ2) is 7.16. The van der Waals surface area contributed by atoms with Crippen molar-refractivity contribution in [3.05, 3.63) is 59.7 Å². The average molecular weight is 279 g/mol. The van der Waals surface area contributed by atoms with E-state index in [0.29, 0.717) is 11.4 Å². The van der Waals surface area contributed by atoms with Crippen LogP contribution in [0.5, 0.6) is 5.75 Å². The van der Waals surface area contributed by atoms with Crippen LogP contribution in [0.3, 0.4) is 0 Å². The minimum atomic E-state index is -0.126. The summed E-state index contributed by atoms with van der Waals surface area (Å²) < 4.78 is 5.65. The van der Waals surface area contributed by atoms with Crippen molar-refractivity contribution < 1.29 is 9.53 Å². The number of ether oxygens (including phenoxy) is 1. The maximum Gasteiger partial charge on any atom is 0.221 e. The molecule has 0 atom stereocenters. The fraction of sp³-hybridized carbons (Fsp3) is 0.167. The monoisotopic (exact) mass is 279 g/mol. The first-order valence-electron chi connectivity index (χ1n) is 6.70. The normalized spacial score (nSPS) is 9.43. The van der Waals surface area contributed by atoms with Gasteiger partial charge in [-0.05, 0) is 36.8 Å². The van der Waals surface area contributed by atoms with Crippen molar-refractivity contribution in [1.29, 1.82) is 0 Å². The van der Waals surface area contributed by atoms with Gasteiger partial charge in [0.15, 0.2) is 0 Å². The fourth-order valence-electron chi connectivity index (χ4n) is 1.82. The predicted molar refractivity (Wildman–Crippen MR) is 84.3 cm³/mol. The summed E-state index contributed by atoms with van der Waals surface area (Å²) in [4.78, 5) is 11.2. The molecule has 0 unspecified atom stereocenters. The van der Waals surface area contributed by atoms with Crippen molar-refractivity contribution >= 4 is 11.6 Å². The molecule has 0 saturated carbocycles. The minimum absolute atomic E-state index is 0.126. The molecule has 3 nitrogen and oxygen atoms in total. The minimum Gasteiger partial charge on any atom is -0.479 e. The zero-order chi connectivity index (χ0) is 15.1. The number of anilines is 1. The smallest absolute Gasteiger partial charge is 0.221 e. The molecule has 1 N–H and O–H groups in total. The summed E-state index contributed by atoms with van der Waals surface area (Å²) in [5, 5.41) is 2.75. The molecule has 2 rings (SSSR count). The van der Waals surface area contributed by atoms with E-state index in [-0.39, 0.29) is 12.5 Å². The number of aryl methyl sites for hydroxylation is 1. The number of carbonyl (C=O) groups is 1. The number of nitrogens with one attached hydrogen (secondary N) is 1. The van der Waals surface area contributed by atoms with Crippen LogP contribution in [0.25, 0.3) is 0 Å². The topological polar surface area (TPSA) is 38.3 Å². The van der Waals surface area contributed by atoms with Gasteiger partial charge in [0.1, 0.15) is 12.4 Å². The van der Waals surface area contributed by atoms with Gasteiger partial charge in [0, 0.05) is 12.5 Å². The highest BCUT2D eigenvalue weighted by molar-refractivity contribution is 5.90. The molecule has 0 aliphatic carbocycles. The molecule has 0 aliphatic rings. The summed E-state index contributed by atoms with van der Waals surface area (Å²) in [7, 11) is 0. The summed E-state index contributed by atoms with van der Waals surface area (Å²) in [6.45, 7) is 3.71. The van der Waals surface area contributed by atoms with Gasteiger partial charge in [0.2, 0.25) is 5.91 Å². The van der Waals surface area contributed by atoms with Crippen molar-refractivity contribution in [3.63, 3.8) is 0 Å². The third-order valence-corrected chi connectivity index (χ3v) is 2.75. The largest absolute Gasteiger partial charge is 0.479 e. The molecule has 2 aromatic rings. The highest BCUT2D eigenvalue weighted by atomic mass is 16.5. The molecular formula is C18H17NO2. The Bertz CT molecular complexity index is 681. The standard InChI is InChI=1S/C18H17NO2/c1-14-10-11-17(19-15(2)20)18(13-14)21-12-6-9-16-7-4-3-5-8-16/h3-5,7-8,10-11,13H,12H2,1-2H3,(H,19,20). The molecular weight excluding hydrogens is 262 g/mol. The second-order valence-electron chi connectivity index (χ2n) is 4.64. The Hall–Kier alpha value is -2.73. The summed E-state index contributed by atoms with van der Waals surface area (Å²) >= 11 is 0. The zero-order valence-corrected chi connectivity index (χ0v) is 12.1. The Morgan fingerprint density at radius 1 is 1.19 bits per heavy atom. The van der Waals surface area contributed by atoms with Crippen molar-refractivity contribution in [2.75, 3.05) is 11.9 Å². The molecule has 106 valence electrons. The zero-order valence-electron chi connectivity index (χ0n) is 12.1. The average Bonchev–Trinajstić information content (AvgIpc) is 2.47. The van der Waals surface area contributed by atoms with Gasteiger partial charge in [-0.15, -0.1) is 0 Å².